The highest BCUT2D eigenvalue weighted by Crippen LogP contribution is 1.93. The van der Waals surface area contributed by atoms with Crippen molar-refractivity contribution in [3.05, 3.63) is 28.4 Å². The second kappa shape index (κ2) is 4.55. The molecule has 1 rings (SSSR count). The maximum Gasteiger partial charge on any atom is 0.345 e. The Kier molecular flexibility index (Phi) is 3.39. The predicted octanol–water partition coefficient (Wildman–Crippen LogP) is 0.298. The molecule has 0 fully saturated rings. The van der Waals surface area contributed by atoms with Gasteiger partial charge in [-0.05, 0) is 19.4 Å². The van der Waals surface area contributed by atoms with Crippen LogP contribution in [-0.4, -0.2) is 21.9 Å². The average Bonchev–Trinajstić information content (AvgIpc) is 2.17. The van der Waals surface area contributed by atoms with Crippen molar-refractivity contribution in [2.75, 3.05) is 0 Å². The minimum atomic E-state index is -0.512. The molecule has 1 unspecified atom stereocenters. The molecule has 5 heteroatoms. The Labute approximate surface area is 81.6 Å². The van der Waals surface area contributed by atoms with Gasteiger partial charge in [-0.2, -0.15) is 0 Å². The van der Waals surface area contributed by atoms with Gasteiger partial charge in [-0.15, -0.1) is 0 Å². The summed E-state index contributed by atoms with van der Waals surface area (Å²) in [5.74, 6) is -0.279. The quantitative estimate of drug-likeness (QED) is 0.728. The first-order valence-corrected chi connectivity index (χ1v) is 4.49. The lowest BCUT2D eigenvalue weighted by Crippen LogP contribution is -2.33. The van der Waals surface area contributed by atoms with Crippen LogP contribution in [0.4, 0.5) is 0 Å². The van der Waals surface area contributed by atoms with E-state index in [1.807, 2.05) is 13.8 Å². The first-order chi connectivity index (χ1) is 6.63. The van der Waals surface area contributed by atoms with Crippen LogP contribution in [0.3, 0.4) is 0 Å². The smallest absolute Gasteiger partial charge is 0.345 e. The molecular formula is C9H13N3O2. The Hall–Kier alpha value is -1.65. The highest BCUT2D eigenvalue weighted by molar-refractivity contribution is 5.92. The van der Waals surface area contributed by atoms with Gasteiger partial charge in [0.15, 0.2) is 0 Å². The highest BCUT2D eigenvalue weighted by atomic mass is 16.2. The van der Waals surface area contributed by atoms with E-state index in [9.17, 15) is 9.59 Å². The van der Waals surface area contributed by atoms with E-state index in [-0.39, 0.29) is 17.6 Å². The van der Waals surface area contributed by atoms with Crippen molar-refractivity contribution >= 4 is 5.91 Å². The van der Waals surface area contributed by atoms with Gasteiger partial charge in [-0.3, -0.25) is 4.79 Å². The fraction of sp³-hybridized carbons (Fsp3) is 0.444. The van der Waals surface area contributed by atoms with Crippen molar-refractivity contribution in [2.24, 2.45) is 0 Å². The summed E-state index contributed by atoms with van der Waals surface area (Å²) in [6.07, 6.45) is 2.16. The number of nitrogens with zero attached hydrogens (tertiary/aromatic N) is 1. The van der Waals surface area contributed by atoms with E-state index < -0.39 is 5.69 Å². The standard InChI is InChI=1S/C9H13N3O2/c1-3-6(2)11-8(13)7-4-5-10-9(14)12-7/h4-6H,3H2,1-2H3,(H,11,13)(H,10,12,14). The van der Waals surface area contributed by atoms with E-state index in [1.165, 1.54) is 12.3 Å². The van der Waals surface area contributed by atoms with Gasteiger partial charge in [0.05, 0.1) is 0 Å². The summed E-state index contributed by atoms with van der Waals surface area (Å²) in [5.41, 5.74) is -0.271. The molecule has 14 heavy (non-hydrogen) atoms. The zero-order valence-corrected chi connectivity index (χ0v) is 8.20. The van der Waals surface area contributed by atoms with E-state index in [2.05, 4.69) is 15.3 Å². The molecule has 0 aliphatic heterocycles. The number of hydrogen-bond donors (Lipinski definition) is 2. The molecule has 1 aromatic heterocycles. The van der Waals surface area contributed by atoms with Crippen LogP contribution in [-0.2, 0) is 0 Å². The summed E-state index contributed by atoms with van der Waals surface area (Å²) in [4.78, 5) is 28.0. The molecule has 0 aliphatic rings. The van der Waals surface area contributed by atoms with Crippen LogP contribution in [0, 0.1) is 0 Å². The van der Waals surface area contributed by atoms with E-state index in [0.717, 1.165) is 6.42 Å². The van der Waals surface area contributed by atoms with E-state index in [1.54, 1.807) is 0 Å². The van der Waals surface area contributed by atoms with Crippen molar-refractivity contribution < 1.29 is 4.79 Å². The van der Waals surface area contributed by atoms with Gasteiger partial charge in [0, 0.05) is 12.2 Å². The molecular weight excluding hydrogens is 182 g/mol. The predicted molar refractivity (Wildman–Crippen MR) is 52.1 cm³/mol. The summed E-state index contributed by atoms with van der Waals surface area (Å²) in [7, 11) is 0. The number of rotatable bonds is 3. The number of amides is 1. The van der Waals surface area contributed by atoms with E-state index >= 15 is 0 Å². The van der Waals surface area contributed by atoms with Crippen LogP contribution in [0.2, 0.25) is 0 Å². The molecule has 0 bridgehead atoms. The SMILES string of the molecule is CCC(C)NC(=O)c1ccnc(=O)[nH]1. The molecule has 0 aliphatic carbocycles. The van der Waals surface area contributed by atoms with Crippen LogP contribution in [0.25, 0.3) is 0 Å². The zero-order chi connectivity index (χ0) is 10.6. The Morgan fingerprint density at radius 1 is 1.71 bits per heavy atom. The molecule has 0 aromatic carbocycles. The summed E-state index contributed by atoms with van der Waals surface area (Å²) in [5, 5.41) is 2.74. The number of aromatic amines is 1. The normalized spacial score (nSPS) is 12.1. The summed E-state index contributed by atoms with van der Waals surface area (Å²) >= 11 is 0. The number of hydrogen-bond acceptors (Lipinski definition) is 3. The highest BCUT2D eigenvalue weighted by Gasteiger charge is 2.08. The number of aromatic nitrogens is 2. The average molecular weight is 195 g/mol. The zero-order valence-electron chi connectivity index (χ0n) is 8.20. The number of carbonyl (C=O) groups excluding carboxylic acids is 1. The lowest BCUT2D eigenvalue weighted by atomic mass is 10.2. The topological polar surface area (TPSA) is 74.8 Å². The van der Waals surface area contributed by atoms with Crippen molar-refractivity contribution in [3.63, 3.8) is 0 Å². The fourth-order valence-electron chi connectivity index (χ4n) is 0.905. The third-order valence-corrected chi connectivity index (χ3v) is 1.91. The van der Waals surface area contributed by atoms with Gasteiger partial charge in [-0.1, -0.05) is 6.92 Å². The van der Waals surface area contributed by atoms with E-state index in [0.29, 0.717) is 0 Å². The lowest BCUT2D eigenvalue weighted by molar-refractivity contribution is 0.0933. The molecule has 0 spiro atoms. The first-order valence-electron chi connectivity index (χ1n) is 4.49. The molecule has 1 amide bonds. The van der Waals surface area contributed by atoms with Crippen molar-refractivity contribution in [3.8, 4) is 0 Å². The molecule has 0 radical (unpaired) electrons. The minimum Gasteiger partial charge on any atom is -0.348 e. The van der Waals surface area contributed by atoms with Crippen LogP contribution in [0.15, 0.2) is 17.1 Å². The Morgan fingerprint density at radius 3 is 3.00 bits per heavy atom. The second-order valence-corrected chi connectivity index (χ2v) is 3.07. The third kappa shape index (κ3) is 2.69. The first kappa shape index (κ1) is 10.4. The van der Waals surface area contributed by atoms with Gasteiger partial charge in [0.1, 0.15) is 5.69 Å². The molecule has 0 saturated carbocycles. The Balaban J connectivity index is 2.75. The summed E-state index contributed by atoms with van der Waals surface area (Å²) in [6.45, 7) is 3.87. The molecule has 0 saturated heterocycles. The van der Waals surface area contributed by atoms with Crippen LogP contribution in [0.1, 0.15) is 30.8 Å². The third-order valence-electron chi connectivity index (χ3n) is 1.91. The summed E-state index contributed by atoms with van der Waals surface area (Å²) in [6, 6.07) is 1.57. The van der Waals surface area contributed by atoms with Gasteiger partial charge in [-0.25, -0.2) is 9.78 Å². The molecule has 5 nitrogen and oxygen atoms in total. The van der Waals surface area contributed by atoms with Crippen LogP contribution in [0.5, 0.6) is 0 Å². The van der Waals surface area contributed by atoms with Gasteiger partial charge in [0.25, 0.3) is 5.91 Å². The Morgan fingerprint density at radius 2 is 2.43 bits per heavy atom. The van der Waals surface area contributed by atoms with Crippen molar-refractivity contribution in [1.29, 1.82) is 0 Å². The molecule has 2 N–H and O–H groups in total. The largest absolute Gasteiger partial charge is 0.348 e. The maximum atomic E-state index is 11.5. The van der Waals surface area contributed by atoms with Crippen LogP contribution < -0.4 is 11.0 Å². The number of nitrogens with one attached hydrogen (secondary N) is 2. The van der Waals surface area contributed by atoms with Crippen molar-refractivity contribution in [2.45, 2.75) is 26.3 Å². The lowest BCUT2D eigenvalue weighted by Gasteiger charge is -2.10. The van der Waals surface area contributed by atoms with Crippen molar-refractivity contribution in [1.82, 2.24) is 15.3 Å². The maximum absolute atomic E-state index is 11.5. The fourth-order valence-corrected chi connectivity index (χ4v) is 0.905. The Bertz CT molecular complexity index is 372. The van der Waals surface area contributed by atoms with Crippen LogP contribution >= 0.6 is 0 Å². The summed E-state index contributed by atoms with van der Waals surface area (Å²) < 4.78 is 0. The van der Waals surface area contributed by atoms with Gasteiger partial charge >= 0.3 is 5.69 Å². The number of carbonyl (C=O) groups is 1. The molecule has 1 heterocycles. The molecule has 76 valence electrons. The second-order valence-electron chi connectivity index (χ2n) is 3.07. The van der Waals surface area contributed by atoms with Gasteiger partial charge < -0.3 is 10.3 Å². The monoisotopic (exact) mass is 195 g/mol. The van der Waals surface area contributed by atoms with E-state index in [4.69, 9.17) is 0 Å². The minimum absolute atomic E-state index is 0.0965. The molecule has 1 atom stereocenters. The van der Waals surface area contributed by atoms with Gasteiger partial charge in [0.2, 0.25) is 0 Å². The number of H-pyrrole nitrogens is 1. The molecule has 1 aromatic rings.